The second kappa shape index (κ2) is 39.2. The number of Topliss-reactive ketones (excluding diaryl/α,β-unsaturated/α-hetero) is 2. The zero-order valence-electron chi connectivity index (χ0n) is 64.6. The lowest BCUT2D eigenvalue weighted by Crippen LogP contribution is -2.53. The molecule has 114 heavy (non-hydrogen) atoms. The van der Waals surface area contributed by atoms with Crippen LogP contribution in [0.4, 0.5) is 132 Å². The first-order valence-corrected chi connectivity index (χ1v) is 34.7. The van der Waals surface area contributed by atoms with Gasteiger partial charge in [0.2, 0.25) is 0 Å². The summed E-state index contributed by atoms with van der Waals surface area (Å²) >= 11 is 0. The average molecular weight is 1680 g/mol. The standard InChI is InChI=1S/2C14H10F12.C14H16F6.C10H10O2.3C10H14/c1-9(11(15,16)17,12(18,19)20)7-3-5-8(6-4-7)10(2,13(21,22)23)14(24,25)26;1-9(11(15,16)17,12(18,19)20)7-4-3-5-8(6-7)10(2,13(21,22)23)14(24,25)26;1-11(2,13(15,16)17)9-7-5-6-8-10(9)12(3,4)14(18,19)20;1-7(11)9-5-3-4-6-10(9)8(2)12;1-3-9-5-7-10(4-2)8-6-9;1-3-9-6-5-7-10(4-2)8-9;1-3-9-7-5-6-8-10(9)4-2/h2*3-6H,1-2H3;5-8H,1-4H3;3-6H,1-2H3;3*5-8H,3-4H2,1-2H3. The maximum Gasteiger partial charge on any atom is 0.406 e. The van der Waals surface area contributed by atoms with Crippen molar-refractivity contribution in [3.05, 3.63) is 248 Å². The molecule has 7 aromatic rings. The van der Waals surface area contributed by atoms with Gasteiger partial charge in [-0.15, -0.1) is 0 Å². The number of halogens is 30. The quantitative estimate of drug-likeness (QED) is 0.0803. The Morgan fingerprint density at radius 2 is 0.447 bits per heavy atom. The first kappa shape index (κ1) is 104. The number of hydrogen-bond donors (Lipinski definition) is 0. The van der Waals surface area contributed by atoms with E-state index in [4.69, 9.17) is 0 Å². The summed E-state index contributed by atoms with van der Waals surface area (Å²) in [6.45, 7) is 18.4. The molecular weight excluding hydrogens is 1590 g/mol. The van der Waals surface area contributed by atoms with Gasteiger partial charge in [-0.25, -0.2) is 0 Å². The van der Waals surface area contributed by atoms with E-state index in [0.717, 1.165) is 78.4 Å². The van der Waals surface area contributed by atoms with Crippen LogP contribution >= 0.6 is 0 Å². The van der Waals surface area contributed by atoms with Crippen molar-refractivity contribution in [1.82, 2.24) is 0 Å². The lowest BCUT2D eigenvalue weighted by molar-refractivity contribution is -0.299. The third-order valence-electron chi connectivity index (χ3n) is 19.5. The van der Waals surface area contributed by atoms with Crippen LogP contribution in [-0.4, -0.2) is 73.3 Å². The molecule has 7 rings (SSSR count). The number of alkyl halides is 30. The first-order chi connectivity index (χ1) is 51.4. The summed E-state index contributed by atoms with van der Waals surface area (Å²) in [5.41, 5.74) is -20.6. The number of carbonyl (C=O) groups excluding carboxylic acids is 2. The molecule has 0 aromatic heterocycles. The van der Waals surface area contributed by atoms with Crippen LogP contribution in [0, 0.1) is 0 Å². The van der Waals surface area contributed by atoms with E-state index in [2.05, 4.69) is 114 Å². The normalized spacial score (nSPS) is 13.1. The molecule has 0 amide bonds. The Morgan fingerprint density at radius 3 is 0.658 bits per heavy atom. The second-order valence-corrected chi connectivity index (χ2v) is 27.6. The van der Waals surface area contributed by atoms with E-state index in [1.807, 2.05) is 0 Å². The molecule has 0 saturated heterocycles. The molecule has 0 unspecified atom stereocenters. The Hall–Kier alpha value is -8.22. The van der Waals surface area contributed by atoms with Crippen molar-refractivity contribution in [2.24, 2.45) is 0 Å². The fourth-order valence-corrected chi connectivity index (χ4v) is 10.5. The van der Waals surface area contributed by atoms with Crippen LogP contribution in [0.3, 0.4) is 0 Å². The molecule has 0 bridgehead atoms. The third kappa shape index (κ3) is 24.7. The van der Waals surface area contributed by atoms with Crippen molar-refractivity contribution in [2.45, 2.75) is 244 Å². The molecule has 0 heterocycles. The van der Waals surface area contributed by atoms with E-state index in [1.54, 1.807) is 24.3 Å². The minimum absolute atomic E-state index is 0.0357. The minimum atomic E-state index is -6.02. The maximum atomic E-state index is 13.1. The van der Waals surface area contributed by atoms with Gasteiger partial charge in [0.1, 0.15) is 0 Å². The highest BCUT2D eigenvalue weighted by molar-refractivity contribution is 6.07. The largest absolute Gasteiger partial charge is 0.406 e. The predicted molar refractivity (Wildman–Crippen MR) is 377 cm³/mol. The van der Waals surface area contributed by atoms with Gasteiger partial charge in [-0.1, -0.05) is 211 Å². The molecule has 638 valence electrons. The average Bonchev–Trinajstić information content (AvgIpc) is 0.697. The Morgan fingerprint density at radius 1 is 0.228 bits per heavy atom. The summed E-state index contributed by atoms with van der Waals surface area (Å²) in [4.78, 5) is 22.0. The summed E-state index contributed by atoms with van der Waals surface area (Å²) in [6, 6.07) is 38.1. The van der Waals surface area contributed by atoms with Gasteiger partial charge in [-0.3, -0.25) is 9.59 Å². The molecule has 0 aliphatic rings. The van der Waals surface area contributed by atoms with Crippen molar-refractivity contribution in [2.75, 3.05) is 0 Å². The molecule has 32 heteroatoms. The Kier molecular flexibility index (Phi) is 35.6. The van der Waals surface area contributed by atoms with Crippen LogP contribution < -0.4 is 0 Å². The fraction of sp³-hybridized carbons (Fsp3) is 0.463. The molecule has 0 atom stereocenters. The molecule has 0 N–H and O–H groups in total. The maximum absolute atomic E-state index is 13.1. The van der Waals surface area contributed by atoms with Gasteiger partial charge in [0.05, 0.1) is 10.8 Å². The number of aryl methyl sites for hydroxylation is 6. The lowest BCUT2D eigenvalue weighted by atomic mass is 9.73. The summed E-state index contributed by atoms with van der Waals surface area (Å²) in [7, 11) is 0. The fourth-order valence-electron chi connectivity index (χ4n) is 10.5. The van der Waals surface area contributed by atoms with Crippen molar-refractivity contribution >= 4 is 11.6 Å². The number of rotatable bonds is 14. The number of benzene rings is 7. The van der Waals surface area contributed by atoms with Gasteiger partial charge >= 0.3 is 61.8 Å². The zero-order valence-corrected chi connectivity index (χ0v) is 64.6. The van der Waals surface area contributed by atoms with Crippen LogP contribution in [0.2, 0.25) is 0 Å². The highest BCUT2D eigenvalue weighted by Gasteiger charge is 2.73. The monoisotopic (exact) mass is 1670 g/mol. The highest BCUT2D eigenvalue weighted by atomic mass is 19.5. The van der Waals surface area contributed by atoms with Crippen LogP contribution in [-0.2, 0) is 71.0 Å². The van der Waals surface area contributed by atoms with Gasteiger partial charge in [-0.05, 0) is 175 Å². The van der Waals surface area contributed by atoms with E-state index in [0.29, 0.717) is 11.1 Å². The predicted octanol–water partition coefficient (Wildman–Crippen LogP) is 28.8. The molecule has 0 spiro atoms. The van der Waals surface area contributed by atoms with Crippen LogP contribution in [0.15, 0.2) is 170 Å². The van der Waals surface area contributed by atoms with Crippen molar-refractivity contribution in [3.8, 4) is 0 Å². The Balaban J connectivity index is 0.000000690. The number of ketones is 2. The van der Waals surface area contributed by atoms with Gasteiger partial charge < -0.3 is 0 Å². The highest BCUT2D eigenvalue weighted by Crippen LogP contribution is 2.58. The summed E-state index contributed by atoms with van der Waals surface area (Å²) < 4.78 is 390. The molecule has 7 aromatic carbocycles. The van der Waals surface area contributed by atoms with Crippen molar-refractivity contribution < 1.29 is 141 Å². The molecule has 0 saturated carbocycles. The Labute approximate surface area is 642 Å². The first-order valence-electron chi connectivity index (χ1n) is 34.7. The summed E-state index contributed by atoms with van der Waals surface area (Å²) in [5.74, 6) is -0.137. The summed E-state index contributed by atoms with van der Waals surface area (Å²) in [5, 5.41) is 0. The van der Waals surface area contributed by atoms with E-state index in [1.165, 1.54) is 59.4 Å². The number of hydrogen-bond acceptors (Lipinski definition) is 2. The smallest absolute Gasteiger partial charge is 0.294 e. The Bertz CT molecular complexity index is 3820. The molecule has 0 aliphatic heterocycles. The molecular formula is C82H88F30O2. The zero-order chi connectivity index (χ0) is 89.3. The third-order valence-corrected chi connectivity index (χ3v) is 19.5. The summed E-state index contributed by atoms with van der Waals surface area (Å²) in [6.07, 6.45) is -50.0. The number of carbonyl (C=O) groups is 2. The lowest BCUT2D eigenvalue weighted by Gasteiger charge is -2.37. The van der Waals surface area contributed by atoms with E-state index < -0.39 is 117 Å². The second-order valence-electron chi connectivity index (χ2n) is 27.6. The van der Waals surface area contributed by atoms with E-state index >= 15 is 0 Å². The van der Waals surface area contributed by atoms with Crippen LogP contribution in [0.5, 0.6) is 0 Å². The minimum Gasteiger partial charge on any atom is -0.294 e. The topological polar surface area (TPSA) is 34.1 Å². The molecule has 2 nitrogen and oxygen atoms in total. The van der Waals surface area contributed by atoms with Crippen LogP contribution in [0.1, 0.15) is 198 Å². The van der Waals surface area contributed by atoms with Gasteiger partial charge in [0.25, 0.3) is 0 Å². The molecule has 0 fully saturated rings. The van der Waals surface area contributed by atoms with E-state index in [-0.39, 0.29) is 98.9 Å². The SMILES string of the molecule is CC(=O)c1ccccc1C(C)=O.CC(C)(c1ccccc1C(C)(C)C(F)(F)F)C(F)(F)F.CC(c1ccc(C(C)(C(F)(F)F)C(F)(F)F)cc1)(C(F)(F)F)C(F)(F)F.CC(c1cccc(C(C)(C(F)(F)F)C(F)(F)F)c1)(C(F)(F)F)C(F)(F)F.CCc1ccc(CC)cc1.CCc1cccc(CC)c1.CCc1ccccc1CC. The van der Waals surface area contributed by atoms with Crippen molar-refractivity contribution in [3.63, 3.8) is 0 Å². The molecule has 0 aliphatic carbocycles. The van der Waals surface area contributed by atoms with Gasteiger partial charge in [0.15, 0.2) is 33.2 Å². The van der Waals surface area contributed by atoms with Crippen molar-refractivity contribution in [1.29, 1.82) is 0 Å². The van der Waals surface area contributed by atoms with E-state index in [9.17, 15) is 141 Å². The van der Waals surface area contributed by atoms with Crippen LogP contribution in [0.25, 0.3) is 0 Å². The van der Waals surface area contributed by atoms with Gasteiger partial charge in [-0.2, -0.15) is 132 Å². The van der Waals surface area contributed by atoms with Gasteiger partial charge in [0, 0.05) is 11.1 Å². The molecule has 0 radical (unpaired) electrons.